The molecular formula is C16H28. The van der Waals surface area contributed by atoms with Crippen molar-refractivity contribution in [3.8, 4) is 0 Å². The third-order valence-corrected chi connectivity index (χ3v) is 5.18. The molecular weight excluding hydrogens is 192 g/mol. The van der Waals surface area contributed by atoms with E-state index in [1.807, 2.05) is 0 Å². The Hall–Kier alpha value is -0.260. The number of hydrogen-bond acceptors (Lipinski definition) is 0. The summed E-state index contributed by atoms with van der Waals surface area (Å²) in [7, 11) is 0. The van der Waals surface area contributed by atoms with Crippen LogP contribution in [-0.2, 0) is 0 Å². The number of allylic oxidation sites excluding steroid dienone is 1. The summed E-state index contributed by atoms with van der Waals surface area (Å²) in [6.45, 7) is 9.40. The van der Waals surface area contributed by atoms with Gasteiger partial charge in [-0.05, 0) is 36.5 Å². The maximum atomic E-state index is 4.50. The molecule has 0 heteroatoms. The van der Waals surface area contributed by atoms with Gasteiger partial charge in [-0.15, -0.1) is 0 Å². The van der Waals surface area contributed by atoms with Gasteiger partial charge in [0.05, 0.1) is 0 Å². The maximum absolute atomic E-state index is 4.50. The molecule has 2 aliphatic carbocycles. The maximum Gasteiger partial charge on any atom is -0.0177 e. The fourth-order valence-corrected chi connectivity index (χ4v) is 4.01. The number of hydrogen-bond donors (Lipinski definition) is 0. The van der Waals surface area contributed by atoms with Crippen LogP contribution in [0.15, 0.2) is 12.2 Å². The van der Waals surface area contributed by atoms with E-state index >= 15 is 0 Å². The van der Waals surface area contributed by atoms with Gasteiger partial charge in [0.2, 0.25) is 0 Å². The summed E-state index contributed by atoms with van der Waals surface area (Å²) in [5.74, 6) is 3.49. The van der Waals surface area contributed by atoms with Gasteiger partial charge in [0, 0.05) is 0 Å². The van der Waals surface area contributed by atoms with Gasteiger partial charge in [0.1, 0.15) is 0 Å². The average Bonchev–Trinajstić information content (AvgIpc) is 2.29. The lowest BCUT2D eigenvalue weighted by Crippen LogP contribution is -2.27. The van der Waals surface area contributed by atoms with E-state index in [4.69, 9.17) is 0 Å². The predicted molar refractivity (Wildman–Crippen MR) is 71.4 cm³/mol. The predicted octanol–water partition coefficient (Wildman–Crippen LogP) is 5.20. The van der Waals surface area contributed by atoms with Crippen LogP contribution >= 0.6 is 0 Å². The van der Waals surface area contributed by atoms with Crippen LogP contribution < -0.4 is 0 Å². The first kappa shape index (κ1) is 12.2. The first-order chi connectivity index (χ1) is 7.70. The molecule has 0 saturated heterocycles. The third kappa shape index (κ3) is 2.52. The molecule has 0 spiro atoms. The van der Waals surface area contributed by atoms with Crippen molar-refractivity contribution in [3.63, 3.8) is 0 Å². The Morgan fingerprint density at radius 3 is 1.50 bits per heavy atom. The Kier molecular flexibility index (Phi) is 4.10. The van der Waals surface area contributed by atoms with Crippen LogP contribution in [-0.4, -0.2) is 0 Å². The van der Waals surface area contributed by atoms with Gasteiger partial charge < -0.3 is 0 Å². The van der Waals surface area contributed by atoms with Crippen molar-refractivity contribution in [1.29, 1.82) is 0 Å². The monoisotopic (exact) mass is 220 g/mol. The van der Waals surface area contributed by atoms with E-state index in [9.17, 15) is 0 Å². The molecule has 0 aliphatic heterocycles. The summed E-state index contributed by atoms with van der Waals surface area (Å²) in [6.07, 6.45) is 11.5. The van der Waals surface area contributed by atoms with Crippen LogP contribution in [0, 0.1) is 23.7 Å². The molecule has 2 aliphatic rings. The average molecular weight is 220 g/mol. The van der Waals surface area contributed by atoms with E-state index in [0.717, 1.165) is 23.7 Å². The Morgan fingerprint density at radius 2 is 1.12 bits per heavy atom. The lowest BCUT2D eigenvalue weighted by atomic mass is 9.67. The van der Waals surface area contributed by atoms with E-state index in [1.54, 1.807) is 5.57 Å². The molecule has 0 aromatic carbocycles. The Balaban J connectivity index is 1.99. The minimum atomic E-state index is 0.847. The second kappa shape index (κ2) is 5.38. The fraction of sp³-hybridized carbons (Fsp3) is 0.875. The number of rotatable bonds is 2. The summed E-state index contributed by atoms with van der Waals surface area (Å²) in [4.78, 5) is 0. The SMILES string of the molecule is C=C(C1CCCCC1C)C1CCCCC1C. The van der Waals surface area contributed by atoms with Crippen molar-refractivity contribution in [1.82, 2.24) is 0 Å². The van der Waals surface area contributed by atoms with Crippen LogP contribution in [0.25, 0.3) is 0 Å². The highest BCUT2D eigenvalue weighted by Gasteiger charge is 2.31. The van der Waals surface area contributed by atoms with Crippen molar-refractivity contribution in [3.05, 3.63) is 12.2 Å². The van der Waals surface area contributed by atoms with Gasteiger partial charge in [-0.3, -0.25) is 0 Å². The standard InChI is InChI=1S/C16H28/c1-12-8-4-6-10-15(12)14(3)16-11-7-5-9-13(16)2/h12-13,15-16H,3-11H2,1-2H3. The molecule has 0 bridgehead atoms. The van der Waals surface area contributed by atoms with Crippen LogP contribution in [0.1, 0.15) is 65.2 Å². The van der Waals surface area contributed by atoms with Crippen LogP contribution in [0.4, 0.5) is 0 Å². The summed E-state index contributed by atoms with van der Waals surface area (Å²) in [5, 5.41) is 0. The summed E-state index contributed by atoms with van der Waals surface area (Å²) < 4.78 is 0. The topological polar surface area (TPSA) is 0 Å². The van der Waals surface area contributed by atoms with Crippen molar-refractivity contribution in [2.45, 2.75) is 65.2 Å². The zero-order valence-corrected chi connectivity index (χ0v) is 11.2. The largest absolute Gasteiger partial charge is 0.0993 e. The fourth-order valence-electron chi connectivity index (χ4n) is 4.01. The zero-order chi connectivity index (χ0) is 11.5. The smallest absolute Gasteiger partial charge is 0.0177 e. The third-order valence-electron chi connectivity index (χ3n) is 5.18. The highest BCUT2D eigenvalue weighted by molar-refractivity contribution is 5.10. The van der Waals surface area contributed by atoms with Crippen LogP contribution in [0.3, 0.4) is 0 Å². The van der Waals surface area contributed by atoms with Crippen molar-refractivity contribution in [2.24, 2.45) is 23.7 Å². The van der Waals surface area contributed by atoms with Gasteiger partial charge in [-0.2, -0.15) is 0 Å². The molecule has 2 saturated carbocycles. The molecule has 16 heavy (non-hydrogen) atoms. The van der Waals surface area contributed by atoms with E-state index in [-0.39, 0.29) is 0 Å². The zero-order valence-electron chi connectivity index (χ0n) is 11.2. The summed E-state index contributed by atoms with van der Waals surface area (Å²) in [6, 6.07) is 0. The first-order valence-electron chi connectivity index (χ1n) is 7.39. The molecule has 4 atom stereocenters. The minimum Gasteiger partial charge on any atom is -0.0993 e. The van der Waals surface area contributed by atoms with Gasteiger partial charge in [0.15, 0.2) is 0 Å². The summed E-state index contributed by atoms with van der Waals surface area (Å²) in [5.41, 5.74) is 1.62. The van der Waals surface area contributed by atoms with E-state index < -0.39 is 0 Å². The molecule has 0 heterocycles. The van der Waals surface area contributed by atoms with Crippen LogP contribution in [0.5, 0.6) is 0 Å². The van der Waals surface area contributed by atoms with Crippen LogP contribution in [0.2, 0.25) is 0 Å². The minimum absolute atomic E-state index is 0.847. The second-order valence-electron chi connectivity index (χ2n) is 6.31. The van der Waals surface area contributed by atoms with E-state index in [2.05, 4.69) is 20.4 Å². The normalized spacial score (nSPS) is 40.6. The van der Waals surface area contributed by atoms with Gasteiger partial charge >= 0.3 is 0 Å². The lowest BCUT2D eigenvalue weighted by molar-refractivity contribution is 0.224. The summed E-state index contributed by atoms with van der Waals surface area (Å²) >= 11 is 0. The second-order valence-corrected chi connectivity index (χ2v) is 6.31. The molecule has 92 valence electrons. The first-order valence-corrected chi connectivity index (χ1v) is 7.39. The van der Waals surface area contributed by atoms with Gasteiger partial charge in [-0.25, -0.2) is 0 Å². The molecule has 0 N–H and O–H groups in total. The Labute approximate surface area is 102 Å². The van der Waals surface area contributed by atoms with Crippen molar-refractivity contribution in [2.75, 3.05) is 0 Å². The Bertz CT molecular complexity index is 216. The molecule has 2 fully saturated rings. The van der Waals surface area contributed by atoms with Gasteiger partial charge in [-0.1, -0.05) is 64.5 Å². The molecule has 0 nitrogen and oxygen atoms in total. The van der Waals surface area contributed by atoms with Gasteiger partial charge in [0.25, 0.3) is 0 Å². The molecule has 0 radical (unpaired) electrons. The van der Waals surface area contributed by atoms with Crippen molar-refractivity contribution < 1.29 is 0 Å². The van der Waals surface area contributed by atoms with E-state index in [1.165, 1.54) is 51.4 Å². The Morgan fingerprint density at radius 1 is 0.750 bits per heavy atom. The highest BCUT2D eigenvalue weighted by atomic mass is 14.4. The molecule has 0 aromatic heterocycles. The van der Waals surface area contributed by atoms with E-state index in [0.29, 0.717) is 0 Å². The highest BCUT2D eigenvalue weighted by Crippen LogP contribution is 2.43. The lowest BCUT2D eigenvalue weighted by Gasteiger charge is -2.38. The van der Waals surface area contributed by atoms with Crippen molar-refractivity contribution >= 4 is 0 Å². The molecule has 4 unspecified atom stereocenters. The quantitative estimate of drug-likeness (QED) is 0.561. The molecule has 0 amide bonds. The molecule has 0 aromatic rings. The molecule has 2 rings (SSSR count).